The number of likely N-dealkylation sites (tertiary alicyclic amines) is 1. The number of anilines is 1. The number of hydrogen-bond acceptors (Lipinski definition) is 5. The summed E-state index contributed by atoms with van der Waals surface area (Å²) in [6, 6.07) is 6.82. The summed E-state index contributed by atoms with van der Waals surface area (Å²) in [6.07, 6.45) is 5.06. The van der Waals surface area contributed by atoms with Gasteiger partial charge in [0.15, 0.2) is 5.75 Å². The zero-order valence-corrected chi connectivity index (χ0v) is 12.7. The maximum atomic E-state index is 5.86. The first kappa shape index (κ1) is 14.5. The third-order valence-electron chi connectivity index (χ3n) is 4.22. The third-order valence-corrected chi connectivity index (χ3v) is 4.22. The number of rotatable bonds is 6. The molecule has 0 radical (unpaired) electrons. The van der Waals surface area contributed by atoms with Crippen molar-refractivity contribution in [1.82, 2.24) is 10.4 Å². The number of ether oxygens (including phenoxy) is 1. The summed E-state index contributed by atoms with van der Waals surface area (Å²) >= 11 is 0. The van der Waals surface area contributed by atoms with Gasteiger partial charge < -0.3 is 20.2 Å². The monoisotopic (exact) mass is 291 g/mol. The minimum atomic E-state index is 0.424. The number of hydroxylamine groups is 1. The summed E-state index contributed by atoms with van der Waals surface area (Å²) in [7, 11) is 0. The lowest BCUT2D eigenvalue weighted by atomic mass is 10.1. The summed E-state index contributed by atoms with van der Waals surface area (Å²) in [5, 5.41) is 0. The van der Waals surface area contributed by atoms with Gasteiger partial charge in [0, 0.05) is 31.2 Å². The van der Waals surface area contributed by atoms with Crippen LogP contribution in [-0.4, -0.2) is 36.7 Å². The molecular weight excluding hydrogens is 266 g/mol. The van der Waals surface area contributed by atoms with Crippen molar-refractivity contribution < 1.29 is 9.57 Å². The molecule has 2 aliphatic rings. The van der Waals surface area contributed by atoms with Crippen LogP contribution in [0.1, 0.15) is 32.6 Å². The minimum Gasteiger partial charge on any atom is -0.492 e. The van der Waals surface area contributed by atoms with Crippen LogP contribution in [0.5, 0.6) is 11.5 Å². The first-order valence-electron chi connectivity index (χ1n) is 7.95. The fourth-order valence-corrected chi connectivity index (χ4v) is 2.83. The highest BCUT2D eigenvalue weighted by Gasteiger charge is 2.31. The van der Waals surface area contributed by atoms with E-state index in [0.717, 1.165) is 24.6 Å². The quantitative estimate of drug-likeness (QED) is 0.621. The average Bonchev–Trinajstić information content (AvgIpc) is 3.34. The largest absolute Gasteiger partial charge is 0.492 e. The molecule has 3 N–H and O–H groups in total. The highest BCUT2D eigenvalue weighted by Crippen LogP contribution is 2.30. The van der Waals surface area contributed by atoms with Gasteiger partial charge in [-0.05, 0) is 44.7 Å². The van der Waals surface area contributed by atoms with Gasteiger partial charge >= 0.3 is 0 Å². The lowest BCUT2D eigenvalue weighted by Crippen LogP contribution is -2.44. The molecule has 5 heteroatoms. The van der Waals surface area contributed by atoms with Crippen molar-refractivity contribution in [3.8, 4) is 11.5 Å². The van der Waals surface area contributed by atoms with E-state index in [1.165, 1.54) is 25.9 Å². The molecule has 0 amide bonds. The van der Waals surface area contributed by atoms with Crippen molar-refractivity contribution >= 4 is 5.69 Å². The molecular formula is C16H25N3O2. The van der Waals surface area contributed by atoms with Crippen molar-refractivity contribution in [2.75, 3.05) is 25.4 Å². The Morgan fingerprint density at radius 1 is 1.24 bits per heavy atom. The van der Waals surface area contributed by atoms with E-state index in [1.807, 2.05) is 25.1 Å². The second-order valence-corrected chi connectivity index (χ2v) is 5.89. The summed E-state index contributed by atoms with van der Waals surface area (Å²) < 4.78 is 5.48. The van der Waals surface area contributed by atoms with Gasteiger partial charge in [0.1, 0.15) is 5.75 Å². The normalized spacial score (nSPS) is 20.4. The molecule has 0 spiro atoms. The maximum absolute atomic E-state index is 5.86. The molecule has 1 saturated carbocycles. The van der Waals surface area contributed by atoms with Gasteiger partial charge in [-0.2, -0.15) is 5.48 Å². The number of hydrogen-bond donors (Lipinski definition) is 2. The number of piperidine rings is 1. The SMILES string of the molecule is CCOc1cc(ONC2CCN(C3CC3)CC2)ccc1N. The van der Waals surface area contributed by atoms with Crippen LogP contribution < -0.4 is 20.8 Å². The minimum absolute atomic E-state index is 0.424. The Bertz CT molecular complexity index is 469. The van der Waals surface area contributed by atoms with Crippen molar-refractivity contribution in [3.63, 3.8) is 0 Å². The third kappa shape index (κ3) is 3.80. The standard InChI is InChI=1S/C16H25N3O2/c1-2-20-16-11-14(5-6-15(16)17)21-18-12-7-9-19(10-8-12)13-3-4-13/h5-6,11-13,18H,2-4,7-10,17H2,1H3. The Hall–Kier alpha value is -1.46. The van der Waals surface area contributed by atoms with E-state index in [2.05, 4.69) is 10.4 Å². The molecule has 1 saturated heterocycles. The summed E-state index contributed by atoms with van der Waals surface area (Å²) in [5.74, 6) is 1.43. The van der Waals surface area contributed by atoms with E-state index >= 15 is 0 Å². The van der Waals surface area contributed by atoms with E-state index in [0.29, 0.717) is 24.1 Å². The topological polar surface area (TPSA) is 59.8 Å². The molecule has 0 aromatic heterocycles. The Kier molecular flexibility index (Phi) is 4.51. The number of nitrogens with two attached hydrogens (primary N) is 1. The number of benzene rings is 1. The van der Waals surface area contributed by atoms with Crippen LogP contribution in [0.4, 0.5) is 5.69 Å². The van der Waals surface area contributed by atoms with Crippen molar-refractivity contribution in [3.05, 3.63) is 18.2 Å². The Labute approximate surface area is 126 Å². The van der Waals surface area contributed by atoms with Gasteiger partial charge in [0.25, 0.3) is 0 Å². The van der Waals surface area contributed by atoms with E-state index in [4.69, 9.17) is 15.3 Å². The highest BCUT2D eigenvalue weighted by atomic mass is 16.6. The summed E-state index contributed by atoms with van der Waals surface area (Å²) in [6.45, 7) is 4.90. The van der Waals surface area contributed by atoms with E-state index in [1.54, 1.807) is 0 Å². The van der Waals surface area contributed by atoms with Crippen molar-refractivity contribution in [1.29, 1.82) is 0 Å². The average molecular weight is 291 g/mol. The van der Waals surface area contributed by atoms with Crippen LogP contribution in [0.2, 0.25) is 0 Å². The van der Waals surface area contributed by atoms with Gasteiger partial charge in [-0.15, -0.1) is 0 Å². The van der Waals surface area contributed by atoms with Gasteiger partial charge in [-0.3, -0.25) is 0 Å². The van der Waals surface area contributed by atoms with E-state index in [9.17, 15) is 0 Å². The second kappa shape index (κ2) is 6.54. The molecule has 0 unspecified atom stereocenters. The molecule has 21 heavy (non-hydrogen) atoms. The van der Waals surface area contributed by atoms with Crippen LogP contribution >= 0.6 is 0 Å². The first-order valence-corrected chi connectivity index (χ1v) is 7.95. The Balaban J connectivity index is 1.47. The van der Waals surface area contributed by atoms with Crippen LogP contribution in [-0.2, 0) is 0 Å². The zero-order chi connectivity index (χ0) is 14.7. The zero-order valence-electron chi connectivity index (χ0n) is 12.7. The molecule has 1 aromatic carbocycles. The van der Waals surface area contributed by atoms with Gasteiger partial charge in [-0.25, -0.2) is 0 Å². The predicted octanol–water partition coefficient (Wildman–Crippen LogP) is 2.18. The second-order valence-electron chi connectivity index (χ2n) is 5.89. The molecule has 1 aliphatic heterocycles. The van der Waals surface area contributed by atoms with Crippen molar-refractivity contribution in [2.45, 2.75) is 44.7 Å². The van der Waals surface area contributed by atoms with Gasteiger partial charge in [0.2, 0.25) is 0 Å². The van der Waals surface area contributed by atoms with E-state index < -0.39 is 0 Å². The molecule has 2 fully saturated rings. The lowest BCUT2D eigenvalue weighted by Gasteiger charge is -2.32. The molecule has 3 rings (SSSR count). The molecule has 5 nitrogen and oxygen atoms in total. The Morgan fingerprint density at radius 2 is 2.00 bits per heavy atom. The molecule has 1 aromatic rings. The summed E-state index contributed by atoms with van der Waals surface area (Å²) in [5.41, 5.74) is 9.68. The van der Waals surface area contributed by atoms with Crippen molar-refractivity contribution in [2.24, 2.45) is 0 Å². The molecule has 116 valence electrons. The number of nitrogens with one attached hydrogen (secondary N) is 1. The van der Waals surface area contributed by atoms with Crippen LogP contribution in [0.25, 0.3) is 0 Å². The fourth-order valence-electron chi connectivity index (χ4n) is 2.83. The van der Waals surface area contributed by atoms with Gasteiger partial charge in [-0.1, -0.05) is 0 Å². The molecule has 0 atom stereocenters. The first-order chi connectivity index (χ1) is 10.3. The predicted molar refractivity (Wildman–Crippen MR) is 83.4 cm³/mol. The fraction of sp³-hybridized carbons (Fsp3) is 0.625. The van der Waals surface area contributed by atoms with E-state index in [-0.39, 0.29) is 0 Å². The van der Waals surface area contributed by atoms with Crippen LogP contribution in [0, 0.1) is 0 Å². The molecule has 1 heterocycles. The smallest absolute Gasteiger partial charge is 0.151 e. The highest BCUT2D eigenvalue weighted by molar-refractivity contribution is 5.55. The number of nitrogen functional groups attached to an aromatic ring is 1. The Morgan fingerprint density at radius 3 is 2.67 bits per heavy atom. The van der Waals surface area contributed by atoms with Crippen LogP contribution in [0.3, 0.4) is 0 Å². The molecule has 0 bridgehead atoms. The maximum Gasteiger partial charge on any atom is 0.151 e. The lowest BCUT2D eigenvalue weighted by molar-refractivity contribution is 0.0996. The number of nitrogens with zero attached hydrogens (tertiary/aromatic N) is 1. The van der Waals surface area contributed by atoms with Gasteiger partial charge in [0.05, 0.1) is 12.3 Å². The molecule has 1 aliphatic carbocycles. The summed E-state index contributed by atoms with van der Waals surface area (Å²) in [4.78, 5) is 8.30. The van der Waals surface area contributed by atoms with Crippen LogP contribution in [0.15, 0.2) is 18.2 Å².